The molecule has 0 bridgehead atoms. The topological polar surface area (TPSA) is 172 Å². The lowest BCUT2D eigenvalue weighted by Crippen LogP contribution is -2.60. The Kier molecular flexibility index (Phi) is 13.1. The van der Waals surface area contributed by atoms with Gasteiger partial charge in [-0.1, -0.05) is 38.1 Å². The second kappa shape index (κ2) is 18.2. The number of hydrogen-bond acceptors (Lipinski definition) is 11. The van der Waals surface area contributed by atoms with Crippen molar-refractivity contribution in [1.29, 1.82) is 0 Å². The van der Waals surface area contributed by atoms with E-state index in [9.17, 15) is 28.4 Å². The minimum atomic E-state index is -4.38. The van der Waals surface area contributed by atoms with Crippen molar-refractivity contribution in [2.75, 3.05) is 69.2 Å². The number of carbonyl (C=O) groups excluding carboxylic acids is 1. The van der Waals surface area contributed by atoms with Crippen LogP contribution in [0.3, 0.4) is 0 Å². The molecule has 14 heteroatoms. The monoisotopic (exact) mass is 870 g/mol. The molecule has 1 atom stereocenters. The zero-order valence-corrected chi connectivity index (χ0v) is 37.6. The lowest BCUT2D eigenvalue weighted by Gasteiger charge is -2.58. The Balaban J connectivity index is 0.946. The molecular formula is C48H66N6O7S. The van der Waals surface area contributed by atoms with Gasteiger partial charge < -0.3 is 25.8 Å². The van der Waals surface area contributed by atoms with Crippen LogP contribution in [-0.2, 0) is 14.6 Å². The van der Waals surface area contributed by atoms with Crippen molar-refractivity contribution in [1.82, 2.24) is 9.80 Å². The molecule has 3 heterocycles. The number of nitrogens with one attached hydrogen (secondary N) is 1. The third-order valence-corrected chi connectivity index (χ3v) is 16.9. The lowest BCUT2D eigenvalue weighted by molar-refractivity contribution is -0.384. The Labute approximate surface area is 367 Å². The Morgan fingerprint density at radius 2 is 1.66 bits per heavy atom. The average Bonchev–Trinajstić information content (AvgIpc) is 3.25. The van der Waals surface area contributed by atoms with Gasteiger partial charge in [0.15, 0.2) is 0 Å². The first-order valence-electron chi connectivity index (χ1n) is 22.9. The molecule has 2 aliphatic carbocycles. The molecule has 5 fully saturated rings. The van der Waals surface area contributed by atoms with Gasteiger partial charge in [0.25, 0.3) is 5.69 Å². The highest BCUT2D eigenvalue weighted by Crippen LogP contribution is 2.53. The molecule has 13 nitrogen and oxygen atoms in total. The Bertz CT molecular complexity index is 2200. The zero-order chi connectivity index (χ0) is 43.8. The van der Waals surface area contributed by atoms with Gasteiger partial charge in [-0.3, -0.25) is 24.7 Å². The fraction of sp³-hybridized carbons (Fsp3) is 0.604. The van der Waals surface area contributed by atoms with Crippen LogP contribution in [0.25, 0.3) is 0 Å². The molecule has 3 aromatic rings. The predicted molar refractivity (Wildman–Crippen MR) is 241 cm³/mol. The van der Waals surface area contributed by atoms with Crippen LogP contribution in [0, 0.1) is 27.4 Å². The number of primary amides is 1. The number of ether oxygens (including phenoxy) is 1. The highest BCUT2D eigenvalue weighted by molar-refractivity contribution is 7.91. The molecule has 3 saturated heterocycles. The number of nitro groups is 1. The molecule has 5 aliphatic rings. The molecule has 62 heavy (non-hydrogen) atoms. The summed E-state index contributed by atoms with van der Waals surface area (Å²) in [6.07, 6.45) is 9.44. The number of benzene rings is 3. The molecule has 1 spiro atoms. The van der Waals surface area contributed by atoms with Gasteiger partial charge in [0.2, 0.25) is 15.7 Å². The maximum absolute atomic E-state index is 14.3. The molecule has 1 unspecified atom stereocenters. The van der Waals surface area contributed by atoms with Crippen LogP contribution in [-0.4, -0.2) is 105 Å². The quantitative estimate of drug-likeness (QED) is 0.115. The van der Waals surface area contributed by atoms with E-state index < -0.39 is 26.3 Å². The summed E-state index contributed by atoms with van der Waals surface area (Å²) in [5, 5.41) is 25.7. The summed E-state index contributed by atoms with van der Waals surface area (Å²) in [5.41, 5.74) is 8.58. The Morgan fingerprint density at radius 1 is 0.952 bits per heavy atom. The minimum absolute atomic E-state index is 0.149. The number of nitro benzene ring substituents is 1. The highest BCUT2D eigenvalue weighted by atomic mass is 32.2. The number of nitrogens with zero attached hydrogens (tertiary/aromatic N) is 4. The summed E-state index contributed by atoms with van der Waals surface area (Å²) >= 11 is 0. The molecule has 2 saturated carbocycles. The molecule has 8 rings (SSSR count). The molecular weight excluding hydrogens is 805 g/mol. The van der Waals surface area contributed by atoms with Crippen LogP contribution in [0.2, 0.25) is 0 Å². The molecule has 0 radical (unpaired) electrons. The normalized spacial score (nSPS) is 25.5. The van der Waals surface area contributed by atoms with E-state index in [0.29, 0.717) is 49.0 Å². The van der Waals surface area contributed by atoms with Crippen molar-refractivity contribution in [3.8, 4) is 0 Å². The van der Waals surface area contributed by atoms with Crippen LogP contribution in [0.4, 0.5) is 17.1 Å². The van der Waals surface area contributed by atoms with E-state index in [1.54, 1.807) is 6.07 Å². The van der Waals surface area contributed by atoms with E-state index in [1.165, 1.54) is 35.4 Å². The fourth-order valence-corrected chi connectivity index (χ4v) is 12.7. The van der Waals surface area contributed by atoms with Gasteiger partial charge in [0.1, 0.15) is 5.69 Å². The number of nitrogens with two attached hydrogens (primary N) is 1. The number of anilines is 2. The number of rotatable bonds is 13. The lowest BCUT2D eigenvalue weighted by atomic mass is 9.59. The van der Waals surface area contributed by atoms with Crippen molar-refractivity contribution in [2.45, 2.75) is 118 Å². The van der Waals surface area contributed by atoms with Crippen LogP contribution in [0.5, 0.6) is 0 Å². The first-order chi connectivity index (χ1) is 29.6. The maximum atomic E-state index is 14.3. The van der Waals surface area contributed by atoms with Crippen molar-refractivity contribution < 1.29 is 28.0 Å². The third-order valence-electron chi connectivity index (χ3n) is 15.1. The molecule has 3 aliphatic heterocycles. The van der Waals surface area contributed by atoms with Gasteiger partial charge in [0.05, 0.1) is 25.9 Å². The molecule has 0 aromatic heterocycles. The third kappa shape index (κ3) is 9.55. The fourth-order valence-electron chi connectivity index (χ4n) is 11.2. The van der Waals surface area contributed by atoms with Gasteiger partial charge in [-0.15, -0.1) is 0 Å². The number of amides is 1. The van der Waals surface area contributed by atoms with Crippen molar-refractivity contribution in [3.05, 3.63) is 87.5 Å². The van der Waals surface area contributed by atoms with E-state index >= 15 is 0 Å². The highest BCUT2D eigenvalue weighted by Gasteiger charge is 2.50. The van der Waals surface area contributed by atoms with Crippen LogP contribution in [0.1, 0.15) is 118 Å². The number of carbonyl (C=O) groups is 1. The van der Waals surface area contributed by atoms with E-state index in [-0.39, 0.29) is 38.1 Å². The average molecular weight is 871 g/mol. The summed E-state index contributed by atoms with van der Waals surface area (Å²) in [7, 11) is -4.38. The van der Waals surface area contributed by atoms with E-state index in [2.05, 4.69) is 58.1 Å². The molecule has 3 aromatic carbocycles. The number of sulfone groups is 1. The van der Waals surface area contributed by atoms with Gasteiger partial charge >= 0.3 is 0 Å². The van der Waals surface area contributed by atoms with Crippen LogP contribution >= 0.6 is 0 Å². The largest absolute Gasteiger partial charge is 0.390 e. The van der Waals surface area contributed by atoms with Crippen molar-refractivity contribution >= 4 is 32.8 Å². The van der Waals surface area contributed by atoms with E-state index in [1.807, 2.05) is 6.92 Å². The zero-order valence-electron chi connectivity index (χ0n) is 36.8. The molecule has 336 valence electrons. The summed E-state index contributed by atoms with van der Waals surface area (Å²) in [6.45, 7) is 14.5. The molecule has 1 amide bonds. The van der Waals surface area contributed by atoms with Crippen LogP contribution in [0.15, 0.2) is 70.5 Å². The first-order valence-corrected chi connectivity index (χ1v) is 24.4. The SMILES string of the molecule is CC(C)c1ccccc1C1CN(CC2CCOCC2)CCN1C1CC2(CCN(c3ccc(C(N)=O)c(S(=O)(=O)c4ccc(NCC5CCC(C)(O)CC5)c([N+](=O)[O-])c4)c3)CC2)C1. The summed E-state index contributed by atoms with van der Waals surface area (Å²) in [4.78, 5) is 31.5. The summed E-state index contributed by atoms with van der Waals surface area (Å²) in [5.74, 6) is 0.492. The molecule has 4 N–H and O–H groups in total. The number of piperazine rings is 1. The van der Waals surface area contributed by atoms with Gasteiger partial charge in [-0.25, -0.2) is 8.42 Å². The maximum Gasteiger partial charge on any atom is 0.293 e. The minimum Gasteiger partial charge on any atom is -0.390 e. The first kappa shape index (κ1) is 44.5. The van der Waals surface area contributed by atoms with Gasteiger partial charge in [-0.2, -0.15) is 0 Å². The Hall–Kier alpha value is -4.08. The van der Waals surface area contributed by atoms with Gasteiger partial charge in [-0.05, 0) is 136 Å². The number of hydrogen-bond donors (Lipinski definition) is 3. The second-order valence-corrected chi connectivity index (χ2v) is 21.6. The van der Waals surface area contributed by atoms with Crippen LogP contribution < -0.4 is 16.0 Å². The Morgan fingerprint density at radius 3 is 2.34 bits per heavy atom. The van der Waals surface area contributed by atoms with Crippen molar-refractivity contribution in [3.63, 3.8) is 0 Å². The van der Waals surface area contributed by atoms with E-state index in [0.717, 1.165) is 110 Å². The van der Waals surface area contributed by atoms with Gasteiger partial charge in [0, 0.05) is 82.9 Å². The standard InChI is InChI=1S/C48H66N6O7S/c1-33(2)39-6-4-5-7-40(39)44-32-51(31-35-14-24-61-25-15-35)22-23-53(44)37-28-48(29-37)18-20-52(21-19-48)36-8-10-41(46(49)55)45(26-36)62(59,60)38-9-11-42(43(27-38)54(57)58)50-30-34-12-16-47(3,56)17-13-34/h4-11,26-27,33-35,37,44,50,56H,12-25,28-32H2,1-3H3,(H2,49,55). The van der Waals surface area contributed by atoms with Crippen molar-refractivity contribution in [2.24, 2.45) is 23.0 Å². The smallest absolute Gasteiger partial charge is 0.293 e. The summed E-state index contributed by atoms with van der Waals surface area (Å²) in [6, 6.07) is 18.5. The number of aliphatic hydroxyl groups is 1. The number of piperidine rings is 1. The second-order valence-electron chi connectivity index (χ2n) is 19.7. The van der Waals surface area contributed by atoms with E-state index in [4.69, 9.17) is 10.5 Å². The summed E-state index contributed by atoms with van der Waals surface area (Å²) < 4.78 is 34.3. The predicted octanol–water partition coefficient (Wildman–Crippen LogP) is 7.54.